The molecule has 0 aromatic carbocycles. The third-order valence-electron chi connectivity index (χ3n) is 5.18. The van der Waals surface area contributed by atoms with Crippen LogP contribution in [-0.4, -0.2) is 63.6 Å². The van der Waals surface area contributed by atoms with Crippen LogP contribution in [0.25, 0.3) is 26.6 Å². The fourth-order valence-electron chi connectivity index (χ4n) is 3.63. The first-order valence-electron chi connectivity index (χ1n) is 10.4. The average molecular weight is 451 g/mol. The normalized spacial score (nSPS) is 14.1. The summed E-state index contributed by atoms with van der Waals surface area (Å²) in [7, 11) is 0. The zero-order chi connectivity index (χ0) is 22.1. The SMILES string of the molecule is CCOC(=O)c1cc(C)n(-c2nc(N3CCOCC3)c3sc(-c4ccncc4)cc3n2)n1. The number of ether oxygens (including phenoxy) is 2. The third kappa shape index (κ3) is 3.82. The summed E-state index contributed by atoms with van der Waals surface area (Å²) in [6.45, 7) is 6.73. The number of aromatic nitrogens is 5. The Morgan fingerprint density at radius 1 is 1.19 bits per heavy atom. The maximum Gasteiger partial charge on any atom is 0.358 e. The third-order valence-corrected chi connectivity index (χ3v) is 6.35. The van der Waals surface area contributed by atoms with Gasteiger partial charge >= 0.3 is 5.97 Å². The van der Waals surface area contributed by atoms with Crippen molar-refractivity contribution in [2.24, 2.45) is 0 Å². The van der Waals surface area contributed by atoms with Gasteiger partial charge in [-0.15, -0.1) is 11.3 Å². The van der Waals surface area contributed by atoms with Crippen LogP contribution in [0, 0.1) is 6.92 Å². The van der Waals surface area contributed by atoms with Crippen molar-refractivity contribution >= 4 is 33.3 Å². The summed E-state index contributed by atoms with van der Waals surface area (Å²) in [4.78, 5) is 29.3. The van der Waals surface area contributed by atoms with Crippen LogP contribution in [-0.2, 0) is 9.47 Å². The van der Waals surface area contributed by atoms with E-state index in [-0.39, 0.29) is 5.69 Å². The Kier molecular flexibility index (Phi) is 5.54. The highest BCUT2D eigenvalue weighted by molar-refractivity contribution is 7.22. The molecule has 10 heteroatoms. The molecule has 1 fully saturated rings. The van der Waals surface area contributed by atoms with Crippen LogP contribution in [0.4, 0.5) is 5.82 Å². The van der Waals surface area contributed by atoms with E-state index in [4.69, 9.17) is 19.4 Å². The number of hydrogen-bond donors (Lipinski definition) is 0. The topological polar surface area (TPSA) is 95.3 Å². The van der Waals surface area contributed by atoms with E-state index in [1.807, 2.05) is 19.1 Å². The summed E-state index contributed by atoms with van der Waals surface area (Å²) in [6, 6.07) is 7.72. The molecule has 0 bridgehead atoms. The molecule has 0 saturated carbocycles. The van der Waals surface area contributed by atoms with E-state index in [0.717, 1.165) is 45.3 Å². The quantitative estimate of drug-likeness (QED) is 0.428. The molecule has 1 aliphatic rings. The number of aryl methyl sites for hydroxylation is 1. The molecule has 1 aliphatic heterocycles. The predicted octanol–water partition coefficient (Wildman–Crippen LogP) is 3.26. The molecule has 32 heavy (non-hydrogen) atoms. The smallest absolute Gasteiger partial charge is 0.358 e. The van der Waals surface area contributed by atoms with Crippen LogP contribution in [0.3, 0.4) is 0 Å². The van der Waals surface area contributed by atoms with E-state index in [1.165, 1.54) is 0 Å². The van der Waals surface area contributed by atoms with Gasteiger partial charge in [-0.25, -0.2) is 14.5 Å². The molecule has 9 nitrogen and oxygen atoms in total. The highest BCUT2D eigenvalue weighted by Gasteiger charge is 2.22. The number of anilines is 1. The van der Waals surface area contributed by atoms with Gasteiger partial charge in [0, 0.05) is 36.1 Å². The highest BCUT2D eigenvalue weighted by Crippen LogP contribution is 2.37. The Hall–Kier alpha value is -3.37. The van der Waals surface area contributed by atoms with Gasteiger partial charge in [0.15, 0.2) is 11.5 Å². The van der Waals surface area contributed by atoms with Crippen molar-refractivity contribution in [1.29, 1.82) is 0 Å². The van der Waals surface area contributed by atoms with Crippen molar-refractivity contribution in [2.45, 2.75) is 13.8 Å². The lowest BCUT2D eigenvalue weighted by Crippen LogP contribution is -2.37. The Bertz CT molecular complexity index is 1260. The van der Waals surface area contributed by atoms with E-state index in [9.17, 15) is 4.79 Å². The van der Waals surface area contributed by atoms with E-state index in [0.29, 0.717) is 25.8 Å². The van der Waals surface area contributed by atoms with Crippen molar-refractivity contribution in [3.63, 3.8) is 0 Å². The molecule has 164 valence electrons. The fraction of sp³-hybridized carbons (Fsp3) is 0.318. The Morgan fingerprint density at radius 2 is 1.97 bits per heavy atom. The first-order valence-corrected chi connectivity index (χ1v) is 11.2. The van der Waals surface area contributed by atoms with E-state index < -0.39 is 5.97 Å². The summed E-state index contributed by atoms with van der Waals surface area (Å²) >= 11 is 1.66. The lowest BCUT2D eigenvalue weighted by atomic mass is 10.2. The van der Waals surface area contributed by atoms with Gasteiger partial charge in [-0.3, -0.25) is 4.98 Å². The van der Waals surface area contributed by atoms with Crippen molar-refractivity contribution in [1.82, 2.24) is 24.7 Å². The number of carbonyl (C=O) groups excluding carboxylic acids is 1. The van der Waals surface area contributed by atoms with Crippen molar-refractivity contribution in [3.8, 4) is 16.4 Å². The summed E-state index contributed by atoms with van der Waals surface area (Å²) in [5.74, 6) is 0.816. The second-order valence-electron chi connectivity index (χ2n) is 7.31. The van der Waals surface area contributed by atoms with Crippen LogP contribution < -0.4 is 4.90 Å². The van der Waals surface area contributed by atoms with Gasteiger partial charge in [0.2, 0.25) is 0 Å². The largest absolute Gasteiger partial charge is 0.461 e. The molecule has 5 rings (SSSR count). The number of thiophene rings is 1. The van der Waals surface area contributed by atoms with Crippen LogP contribution in [0.2, 0.25) is 0 Å². The highest BCUT2D eigenvalue weighted by atomic mass is 32.1. The summed E-state index contributed by atoms with van der Waals surface area (Å²) in [5, 5.41) is 4.43. The van der Waals surface area contributed by atoms with Gasteiger partial charge < -0.3 is 14.4 Å². The van der Waals surface area contributed by atoms with E-state index >= 15 is 0 Å². The number of fused-ring (bicyclic) bond motifs is 1. The maximum absolute atomic E-state index is 12.2. The Morgan fingerprint density at radius 3 is 2.72 bits per heavy atom. The van der Waals surface area contributed by atoms with Gasteiger partial charge in [-0.1, -0.05) is 0 Å². The first kappa shape index (κ1) is 20.5. The van der Waals surface area contributed by atoms with Crippen LogP contribution in [0.5, 0.6) is 0 Å². The second kappa shape index (κ2) is 8.64. The first-order chi connectivity index (χ1) is 15.6. The van der Waals surface area contributed by atoms with Gasteiger partial charge in [0.25, 0.3) is 5.95 Å². The molecule has 0 N–H and O–H groups in total. The molecule has 0 radical (unpaired) electrons. The second-order valence-corrected chi connectivity index (χ2v) is 8.36. The lowest BCUT2D eigenvalue weighted by Gasteiger charge is -2.28. The molecule has 0 aliphatic carbocycles. The van der Waals surface area contributed by atoms with Gasteiger partial charge in [-0.05, 0) is 43.7 Å². The molecular weight excluding hydrogens is 428 g/mol. The number of pyridine rings is 1. The standard InChI is InChI=1S/C22H22N6O3S/c1-3-31-21(29)17-12-14(2)28(26-17)22-24-16-13-18(15-4-6-23-7-5-15)32-19(16)20(25-22)27-8-10-30-11-9-27/h4-7,12-13H,3,8-11H2,1-2H3. The van der Waals surface area contributed by atoms with Gasteiger partial charge in [0.05, 0.1) is 30.0 Å². The Balaban J connectivity index is 1.65. The molecule has 5 heterocycles. The monoisotopic (exact) mass is 450 g/mol. The summed E-state index contributed by atoms with van der Waals surface area (Å²) in [6.07, 6.45) is 3.56. The molecule has 0 spiro atoms. The van der Waals surface area contributed by atoms with Crippen molar-refractivity contribution in [2.75, 3.05) is 37.8 Å². The predicted molar refractivity (Wildman–Crippen MR) is 121 cm³/mol. The van der Waals surface area contributed by atoms with Crippen molar-refractivity contribution < 1.29 is 14.3 Å². The van der Waals surface area contributed by atoms with E-state index in [2.05, 4.69) is 21.0 Å². The van der Waals surface area contributed by atoms with Crippen LogP contribution in [0.1, 0.15) is 23.1 Å². The zero-order valence-electron chi connectivity index (χ0n) is 17.8. The number of morpholine rings is 1. The molecule has 4 aromatic heterocycles. The zero-order valence-corrected chi connectivity index (χ0v) is 18.6. The van der Waals surface area contributed by atoms with Crippen molar-refractivity contribution in [3.05, 3.63) is 48.0 Å². The number of rotatable bonds is 5. The van der Waals surface area contributed by atoms with Gasteiger partial charge in [-0.2, -0.15) is 10.1 Å². The number of esters is 1. The fourth-order valence-corrected chi connectivity index (χ4v) is 4.75. The molecule has 0 atom stereocenters. The molecular formula is C22H22N6O3S. The molecule has 0 unspecified atom stereocenters. The minimum absolute atomic E-state index is 0.240. The number of carbonyl (C=O) groups is 1. The minimum atomic E-state index is -0.459. The lowest BCUT2D eigenvalue weighted by molar-refractivity contribution is 0.0519. The minimum Gasteiger partial charge on any atom is -0.461 e. The number of hydrogen-bond acceptors (Lipinski definition) is 9. The average Bonchev–Trinajstić information content (AvgIpc) is 3.43. The van der Waals surface area contributed by atoms with E-state index in [1.54, 1.807) is 41.4 Å². The maximum atomic E-state index is 12.2. The Labute approximate surface area is 188 Å². The summed E-state index contributed by atoms with van der Waals surface area (Å²) in [5.41, 5.74) is 2.91. The van der Waals surface area contributed by atoms with Crippen LogP contribution >= 0.6 is 11.3 Å². The number of nitrogens with zero attached hydrogens (tertiary/aromatic N) is 6. The van der Waals surface area contributed by atoms with Crippen LogP contribution in [0.15, 0.2) is 36.7 Å². The molecule has 4 aromatic rings. The molecule has 1 saturated heterocycles. The summed E-state index contributed by atoms with van der Waals surface area (Å²) < 4.78 is 13.2. The van der Waals surface area contributed by atoms with Gasteiger partial charge in [0.1, 0.15) is 0 Å². The molecule has 0 amide bonds.